The maximum atomic E-state index is 12.7. The van der Waals surface area contributed by atoms with Gasteiger partial charge in [-0.05, 0) is 35.8 Å². The minimum atomic E-state index is -0.463. The summed E-state index contributed by atoms with van der Waals surface area (Å²) in [5, 5.41) is 15.8. The molecule has 4 nitrogen and oxygen atoms in total. The molecule has 1 fully saturated rings. The molecule has 4 rings (SSSR count). The topological polar surface area (TPSA) is 52.6 Å². The Labute approximate surface area is 159 Å². The fourth-order valence-corrected chi connectivity index (χ4v) is 3.87. The van der Waals surface area contributed by atoms with E-state index < -0.39 is 6.10 Å². The number of likely N-dealkylation sites (tertiary alicyclic amines) is 1. The highest BCUT2D eigenvalue weighted by Gasteiger charge is 2.28. The lowest BCUT2D eigenvalue weighted by Crippen LogP contribution is -2.42. The molecule has 0 aromatic heterocycles. The van der Waals surface area contributed by atoms with E-state index in [1.807, 2.05) is 77.7 Å². The van der Waals surface area contributed by atoms with Crippen LogP contribution in [0.25, 0.3) is 10.8 Å². The Kier molecular flexibility index (Phi) is 5.07. The van der Waals surface area contributed by atoms with Crippen molar-refractivity contribution < 1.29 is 9.90 Å². The van der Waals surface area contributed by atoms with Crippen molar-refractivity contribution in [1.29, 1.82) is 0 Å². The minimum Gasteiger partial charge on any atom is -0.388 e. The van der Waals surface area contributed by atoms with Crippen molar-refractivity contribution in [2.24, 2.45) is 5.92 Å². The van der Waals surface area contributed by atoms with Crippen LogP contribution in [0.1, 0.15) is 24.5 Å². The van der Waals surface area contributed by atoms with Gasteiger partial charge in [0.1, 0.15) is 0 Å². The van der Waals surface area contributed by atoms with Gasteiger partial charge < -0.3 is 15.3 Å². The van der Waals surface area contributed by atoms with Crippen molar-refractivity contribution in [3.63, 3.8) is 0 Å². The van der Waals surface area contributed by atoms with Gasteiger partial charge in [-0.25, -0.2) is 4.79 Å². The summed E-state index contributed by atoms with van der Waals surface area (Å²) in [5.41, 5.74) is 1.79. The molecular formula is C23H24N2O2. The SMILES string of the molecule is O=C(Nc1cccc2ccccc12)N1CCC(C(O)c2ccccc2)CC1. The number of aliphatic hydroxyl groups is 1. The van der Waals surface area contributed by atoms with Crippen molar-refractivity contribution >= 4 is 22.5 Å². The van der Waals surface area contributed by atoms with Crippen LogP contribution < -0.4 is 5.32 Å². The van der Waals surface area contributed by atoms with Crippen LogP contribution in [0, 0.1) is 5.92 Å². The molecule has 0 aliphatic carbocycles. The smallest absolute Gasteiger partial charge is 0.321 e. The van der Waals surface area contributed by atoms with Gasteiger partial charge in [-0.1, -0.05) is 66.7 Å². The third-order valence-electron chi connectivity index (χ3n) is 5.45. The number of carbonyl (C=O) groups excluding carboxylic acids is 1. The number of fused-ring (bicyclic) bond motifs is 1. The molecule has 1 aliphatic heterocycles. The molecule has 0 saturated carbocycles. The second-order valence-corrected chi connectivity index (χ2v) is 7.14. The van der Waals surface area contributed by atoms with Crippen LogP contribution in [0.15, 0.2) is 72.8 Å². The number of hydrogen-bond donors (Lipinski definition) is 2. The first-order valence-corrected chi connectivity index (χ1v) is 9.49. The lowest BCUT2D eigenvalue weighted by molar-refractivity contribution is 0.0683. The number of carbonyl (C=O) groups is 1. The number of nitrogens with one attached hydrogen (secondary N) is 1. The molecule has 2 N–H and O–H groups in total. The van der Waals surface area contributed by atoms with Crippen molar-refractivity contribution in [3.05, 3.63) is 78.4 Å². The van der Waals surface area contributed by atoms with Gasteiger partial charge in [0.05, 0.1) is 11.8 Å². The van der Waals surface area contributed by atoms with Gasteiger partial charge in [-0.3, -0.25) is 0 Å². The Balaban J connectivity index is 1.39. The number of anilines is 1. The molecule has 4 heteroatoms. The normalized spacial score (nSPS) is 16.3. The Morgan fingerprint density at radius 1 is 0.926 bits per heavy atom. The molecule has 0 bridgehead atoms. The van der Waals surface area contributed by atoms with E-state index in [9.17, 15) is 9.90 Å². The lowest BCUT2D eigenvalue weighted by Gasteiger charge is -2.34. The van der Waals surface area contributed by atoms with Crippen LogP contribution in [-0.4, -0.2) is 29.1 Å². The molecule has 1 aliphatic rings. The molecule has 138 valence electrons. The average Bonchev–Trinajstić information content (AvgIpc) is 2.74. The molecule has 0 spiro atoms. The van der Waals surface area contributed by atoms with E-state index in [1.54, 1.807) is 0 Å². The molecule has 1 unspecified atom stereocenters. The van der Waals surface area contributed by atoms with Crippen LogP contribution in [0.3, 0.4) is 0 Å². The van der Waals surface area contributed by atoms with Gasteiger partial charge in [0.15, 0.2) is 0 Å². The molecular weight excluding hydrogens is 336 g/mol. The third-order valence-corrected chi connectivity index (χ3v) is 5.45. The largest absolute Gasteiger partial charge is 0.388 e. The highest BCUT2D eigenvalue weighted by Crippen LogP contribution is 2.31. The van der Waals surface area contributed by atoms with Crippen molar-refractivity contribution in [2.45, 2.75) is 18.9 Å². The molecule has 0 radical (unpaired) electrons. The number of benzene rings is 3. The first-order valence-electron chi connectivity index (χ1n) is 9.49. The van der Waals surface area contributed by atoms with Gasteiger partial charge in [0, 0.05) is 18.5 Å². The monoisotopic (exact) mass is 360 g/mol. The summed E-state index contributed by atoms with van der Waals surface area (Å²) in [5.74, 6) is 0.189. The molecule has 3 aromatic rings. The summed E-state index contributed by atoms with van der Waals surface area (Å²) < 4.78 is 0. The molecule has 2 amide bonds. The van der Waals surface area contributed by atoms with Crippen molar-refractivity contribution in [3.8, 4) is 0 Å². The summed E-state index contributed by atoms with van der Waals surface area (Å²) in [6.45, 7) is 1.32. The quantitative estimate of drug-likeness (QED) is 0.704. The second kappa shape index (κ2) is 7.80. The van der Waals surface area contributed by atoms with E-state index in [-0.39, 0.29) is 11.9 Å². The van der Waals surface area contributed by atoms with E-state index in [1.165, 1.54) is 0 Å². The minimum absolute atomic E-state index is 0.0704. The third kappa shape index (κ3) is 3.81. The van der Waals surface area contributed by atoms with E-state index in [2.05, 4.69) is 5.32 Å². The Morgan fingerprint density at radius 3 is 2.37 bits per heavy atom. The molecule has 3 aromatic carbocycles. The standard InChI is InChI=1S/C23H24N2O2/c26-22(18-8-2-1-3-9-18)19-13-15-25(16-14-19)23(27)24-21-12-6-10-17-7-4-5-11-20(17)21/h1-12,19,22,26H,13-16H2,(H,24,27). The van der Waals surface area contributed by atoms with Crippen LogP contribution in [0.5, 0.6) is 0 Å². The molecule has 1 heterocycles. The Bertz CT molecular complexity index is 913. The van der Waals surface area contributed by atoms with E-state index >= 15 is 0 Å². The number of piperidine rings is 1. The zero-order chi connectivity index (χ0) is 18.6. The Hall–Kier alpha value is -2.85. The van der Waals surface area contributed by atoms with Crippen LogP contribution in [-0.2, 0) is 0 Å². The van der Waals surface area contributed by atoms with Gasteiger partial charge in [0.25, 0.3) is 0 Å². The predicted octanol–water partition coefficient (Wildman–Crippen LogP) is 4.82. The Morgan fingerprint density at radius 2 is 1.59 bits per heavy atom. The van der Waals surface area contributed by atoms with Gasteiger partial charge in [0.2, 0.25) is 0 Å². The maximum absolute atomic E-state index is 12.7. The van der Waals surface area contributed by atoms with E-state index in [0.717, 1.165) is 34.9 Å². The van der Waals surface area contributed by atoms with Crippen molar-refractivity contribution in [1.82, 2.24) is 4.90 Å². The summed E-state index contributed by atoms with van der Waals surface area (Å²) >= 11 is 0. The molecule has 27 heavy (non-hydrogen) atoms. The van der Waals surface area contributed by atoms with Crippen LogP contribution >= 0.6 is 0 Å². The van der Waals surface area contributed by atoms with Crippen LogP contribution in [0.4, 0.5) is 10.5 Å². The summed E-state index contributed by atoms with van der Waals surface area (Å²) in [6, 6.07) is 23.7. The lowest BCUT2D eigenvalue weighted by atomic mass is 9.87. The first-order chi connectivity index (χ1) is 13.2. The van der Waals surface area contributed by atoms with Gasteiger partial charge >= 0.3 is 6.03 Å². The van der Waals surface area contributed by atoms with Crippen molar-refractivity contribution in [2.75, 3.05) is 18.4 Å². The number of urea groups is 1. The summed E-state index contributed by atoms with van der Waals surface area (Å²) in [6.07, 6.45) is 1.15. The highest BCUT2D eigenvalue weighted by molar-refractivity contribution is 6.01. The number of hydrogen-bond acceptors (Lipinski definition) is 2. The fraction of sp³-hybridized carbons (Fsp3) is 0.261. The van der Waals surface area contributed by atoms with E-state index in [4.69, 9.17) is 0 Å². The summed E-state index contributed by atoms with van der Waals surface area (Å²) in [7, 11) is 0. The molecule has 1 atom stereocenters. The van der Waals surface area contributed by atoms with Gasteiger partial charge in [-0.2, -0.15) is 0 Å². The molecule has 1 saturated heterocycles. The fourth-order valence-electron chi connectivity index (χ4n) is 3.87. The number of nitrogens with zero attached hydrogens (tertiary/aromatic N) is 1. The zero-order valence-electron chi connectivity index (χ0n) is 15.2. The average molecular weight is 360 g/mol. The zero-order valence-corrected chi connectivity index (χ0v) is 15.2. The first kappa shape index (κ1) is 17.6. The highest BCUT2D eigenvalue weighted by atomic mass is 16.3. The summed E-state index contributed by atoms with van der Waals surface area (Å²) in [4.78, 5) is 14.6. The van der Waals surface area contributed by atoms with Gasteiger partial charge in [-0.15, -0.1) is 0 Å². The predicted molar refractivity (Wildman–Crippen MR) is 109 cm³/mol. The van der Waals surface area contributed by atoms with E-state index in [0.29, 0.717) is 13.1 Å². The number of rotatable bonds is 3. The number of amides is 2. The number of aliphatic hydroxyl groups excluding tert-OH is 1. The maximum Gasteiger partial charge on any atom is 0.321 e. The van der Waals surface area contributed by atoms with Crippen LogP contribution in [0.2, 0.25) is 0 Å². The second-order valence-electron chi connectivity index (χ2n) is 7.14.